The fraction of sp³-hybridized carbons (Fsp3) is 0.323. The molecule has 0 amide bonds. The number of rotatable bonds is 8. The van der Waals surface area contributed by atoms with Crippen molar-refractivity contribution in [2.45, 2.75) is 54.4 Å². The van der Waals surface area contributed by atoms with Gasteiger partial charge >= 0.3 is 11.9 Å². The van der Waals surface area contributed by atoms with E-state index in [9.17, 15) is 9.59 Å². The normalized spacial score (nSPS) is 13.8. The van der Waals surface area contributed by atoms with E-state index in [0.717, 1.165) is 22.5 Å². The number of ether oxygens (including phenoxy) is 2. The number of carbonyl (C=O) groups is 2. The lowest BCUT2D eigenvalue weighted by molar-refractivity contribution is -0.139. The molecule has 39 heavy (non-hydrogen) atoms. The van der Waals surface area contributed by atoms with Gasteiger partial charge in [-0.1, -0.05) is 35.9 Å². The summed E-state index contributed by atoms with van der Waals surface area (Å²) in [6, 6.07) is 12.0. The van der Waals surface area contributed by atoms with Crippen molar-refractivity contribution in [1.82, 2.24) is 10.3 Å². The Hall–Kier alpha value is -3.91. The fourth-order valence-corrected chi connectivity index (χ4v) is 5.99. The topological polar surface area (TPSA) is 89.5 Å². The molecule has 1 aliphatic heterocycles. The predicted molar refractivity (Wildman–Crippen MR) is 156 cm³/mol. The third-order valence-electron chi connectivity index (χ3n) is 6.70. The molecule has 0 unspecified atom stereocenters. The zero-order chi connectivity index (χ0) is 28.3. The largest absolute Gasteiger partial charge is 0.463 e. The fourth-order valence-electron chi connectivity index (χ4n) is 5.27. The van der Waals surface area contributed by atoms with Gasteiger partial charge in [-0.15, -0.1) is 11.3 Å². The Morgan fingerprint density at radius 2 is 1.49 bits per heavy atom. The summed E-state index contributed by atoms with van der Waals surface area (Å²) in [7, 11) is 0. The Labute approximate surface area is 234 Å². The van der Waals surface area contributed by atoms with Gasteiger partial charge in [-0.05, 0) is 71.2 Å². The van der Waals surface area contributed by atoms with Gasteiger partial charge in [0.05, 0.1) is 36.0 Å². The standard InChI is InChI=1S/C31H35N3O4S/c1-8-37-29(35)26-20(6)32-21(7)27(30(36)38-9-2)28(26)22-12-10-11-13-23(22)33-31-34-24(16-39-31)25-18(4)14-17(3)15-19(25)5/h10-16,28,32H,8-9H2,1-7H3,(H,33,34). The molecule has 2 aromatic carbocycles. The molecule has 0 aliphatic carbocycles. The molecule has 0 spiro atoms. The van der Waals surface area contributed by atoms with Crippen molar-refractivity contribution in [3.63, 3.8) is 0 Å². The van der Waals surface area contributed by atoms with E-state index in [-0.39, 0.29) is 13.2 Å². The molecule has 3 aromatic rings. The molecule has 7 nitrogen and oxygen atoms in total. The lowest BCUT2D eigenvalue weighted by Gasteiger charge is -2.31. The summed E-state index contributed by atoms with van der Waals surface area (Å²) < 4.78 is 10.9. The molecule has 0 fully saturated rings. The van der Waals surface area contributed by atoms with Crippen molar-refractivity contribution in [3.8, 4) is 11.3 Å². The number of thiazole rings is 1. The number of benzene rings is 2. The average molecular weight is 546 g/mol. The smallest absolute Gasteiger partial charge is 0.336 e. The SMILES string of the molecule is CCOC(=O)C1=C(C)NC(C)=C(C(=O)OCC)C1c1ccccc1Nc1nc(-c2c(C)cc(C)cc2C)cs1. The summed E-state index contributed by atoms with van der Waals surface area (Å²) in [5.74, 6) is -1.63. The maximum absolute atomic E-state index is 13.2. The first kappa shape index (κ1) is 28.1. The quantitative estimate of drug-likeness (QED) is 0.300. The Balaban J connectivity index is 1.79. The van der Waals surface area contributed by atoms with E-state index >= 15 is 0 Å². The van der Waals surface area contributed by atoms with Gasteiger partial charge in [-0.3, -0.25) is 0 Å². The van der Waals surface area contributed by atoms with Crippen LogP contribution in [0, 0.1) is 20.8 Å². The van der Waals surface area contributed by atoms with Crippen LogP contribution in [0.25, 0.3) is 11.3 Å². The minimum Gasteiger partial charge on any atom is -0.463 e. The van der Waals surface area contributed by atoms with E-state index in [1.807, 2.05) is 43.5 Å². The van der Waals surface area contributed by atoms with Gasteiger partial charge < -0.3 is 20.1 Å². The summed E-state index contributed by atoms with van der Waals surface area (Å²) >= 11 is 1.51. The third kappa shape index (κ3) is 5.76. The molecule has 0 atom stereocenters. The number of allylic oxidation sites excluding steroid dienone is 2. The Morgan fingerprint density at radius 3 is 2.05 bits per heavy atom. The van der Waals surface area contributed by atoms with Crippen LogP contribution in [0.4, 0.5) is 10.8 Å². The summed E-state index contributed by atoms with van der Waals surface area (Å²) in [6.45, 7) is 13.9. The number of anilines is 2. The highest BCUT2D eigenvalue weighted by atomic mass is 32.1. The molecule has 1 aromatic heterocycles. The van der Waals surface area contributed by atoms with Gasteiger partial charge in [0.25, 0.3) is 0 Å². The van der Waals surface area contributed by atoms with Crippen molar-refractivity contribution in [3.05, 3.63) is 86.6 Å². The van der Waals surface area contributed by atoms with Crippen LogP contribution in [-0.4, -0.2) is 30.1 Å². The third-order valence-corrected chi connectivity index (χ3v) is 7.46. The molecule has 0 radical (unpaired) electrons. The zero-order valence-corrected chi connectivity index (χ0v) is 24.3. The monoisotopic (exact) mass is 545 g/mol. The van der Waals surface area contributed by atoms with E-state index in [1.165, 1.54) is 28.0 Å². The first-order chi connectivity index (χ1) is 18.7. The second kappa shape index (κ2) is 11.9. The second-order valence-electron chi connectivity index (χ2n) is 9.60. The number of nitrogens with one attached hydrogen (secondary N) is 2. The van der Waals surface area contributed by atoms with Gasteiger partial charge in [0.15, 0.2) is 5.13 Å². The Kier molecular flexibility index (Phi) is 8.55. The molecule has 4 rings (SSSR count). The number of hydrogen-bond donors (Lipinski definition) is 2. The number of carbonyl (C=O) groups excluding carboxylic acids is 2. The lowest BCUT2D eigenvalue weighted by atomic mass is 9.79. The van der Waals surface area contributed by atoms with Gasteiger partial charge in [0.1, 0.15) is 0 Å². The van der Waals surface area contributed by atoms with Crippen LogP contribution in [0.5, 0.6) is 0 Å². The van der Waals surface area contributed by atoms with Crippen molar-refractivity contribution >= 4 is 34.1 Å². The molecule has 2 heterocycles. The van der Waals surface area contributed by atoms with Crippen LogP contribution in [-0.2, 0) is 19.1 Å². The van der Waals surface area contributed by atoms with E-state index < -0.39 is 17.9 Å². The molecule has 0 saturated carbocycles. The van der Waals surface area contributed by atoms with Crippen molar-refractivity contribution in [1.29, 1.82) is 0 Å². The Morgan fingerprint density at radius 1 is 0.923 bits per heavy atom. The van der Waals surface area contributed by atoms with Crippen LogP contribution in [0.3, 0.4) is 0 Å². The minimum absolute atomic E-state index is 0.222. The molecule has 8 heteroatoms. The van der Waals surface area contributed by atoms with Gasteiger partial charge in [-0.25, -0.2) is 14.6 Å². The minimum atomic E-state index is -0.686. The molecule has 1 aliphatic rings. The summed E-state index contributed by atoms with van der Waals surface area (Å²) in [4.78, 5) is 31.3. The average Bonchev–Trinajstić information content (AvgIpc) is 3.31. The van der Waals surface area contributed by atoms with E-state index in [4.69, 9.17) is 14.5 Å². The number of dihydropyridines is 1. The number of aryl methyl sites for hydroxylation is 3. The van der Waals surface area contributed by atoms with Crippen LogP contribution in [0.1, 0.15) is 55.9 Å². The number of hydrogen-bond acceptors (Lipinski definition) is 8. The highest BCUT2D eigenvalue weighted by Gasteiger charge is 2.39. The number of nitrogens with zero attached hydrogens (tertiary/aromatic N) is 1. The van der Waals surface area contributed by atoms with Crippen molar-refractivity contribution in [2.75, 3.05) is 18.5 Å². The number of esters is 2. The molecular formula is C31H35N3O4S. The first-order valence-electron chi connectivity index (χ1n) is 13.1. The molecular weight excluding hydrogens is 510 g/mol. The van der Waals surface area contributed by atoms with Gasteiger partial charge in [-0.2, -0.15) is 0 Å². The highest BCUT2D eigenvalue weighted by Crippen LogP contribution is 2.43. The van der Waals surface area contributed by atoms with Gasteiger partial charge in [0.2, 0.25) is 0 Å². The van der Waals surface area contributed by atoms with Crippen LogP contribution < -0.4 is 10.6 Å². The number of aromatic nitrogens is 1. The summed E-state index contributed by atoms with van der Waals surface area (Å²) in [6.07, 6.45) is 0. The molecule has 2 N–H and O–H groups in total. The molecule has 0 saturated heterocycles. The predicted octanol–water partition coefficient (Wildman–Crippen LogP) is 6.84. The number of para-hydroxylation sites is 1. The second-order valence-corrected chi connectivity index (χ2v) is 10.5. The molecule has 0 bridgehead atoms. The zero-order valence-electron chi connectivity index (χ0n) is 23.5. The van der Waals surface area contributed by atoms with E-state index in [2.05, 4.69) is 43.5 Å². The van der Waals surface area contributed by atoms with Gasteiger partial charge in [0, 0.05) is 28.0 Å². The maximum Gasteiger partial charge on any atom is 0.336 e. The highest BCUT2D eigenvalue weighted by molar-refractivity contribution is 7.14. The van der Waals surface area contributed by atoms with Crippen LogP contribution >= 0.6 is 11.3 Å². The first-order valence-corrected chi connectivity index (χ1v) is 14.0. The summed E-state index contributed by atoms with van der Waals surface area (Å²) in [5, 5.41) is 9.40. The van der Waals surface area contributed by atoms with Crippen molar-refractivity contribution < 1.29 is 19.1 Å². The lowest BCUT2D eigenvalue weighted by Crippen LogP contribution is -2.32. The van der Waals surface area contributed by atoms with E-state index in [1.54, 1.807) is 13.8 Å². The maximum atomic E-state index is 13.2. The molecule has 204 valence electrons. The summed E-state index contributed by atoms with van der Waals surface area (Å²) in [5.41, 5.74) is 9.15. The van der Waals surface area contributed by atoms with Crippen LogP contribution in [0.2, 0.25) is 0 Å². The van der Waals surface area contributed by atoms with Crippen molar-refractivity contribution in [2.24, 2.45) is 0 Å². The Bertz CT molecular complexity index is 1420. The van der Waals surface area contributed by atoms with E-state index in [0.29, 0.717) is 27.7 Å². The van der Waals surface area contributed by atoms with Crippen LogP contribution in [0.15, 0.2) is 64.3 Å².